The van der Waals surface area contributed by atoms with Crippen LogP contribution in [0.25, 0.3) is 0 Å². The van der Waals surface area contributed by atoms with E-state index >= 15 is 0 Å². The van der Waals surface area contributed by atoms with Crippen molar-refractivity contribution in [2.45, 2.75) is 39.3 Å². The Morgan fingerprint density at radius 2 is 1.67 bits per heavy atom. The lowest BCUT2D eigenvalue weighted by molar-refractivity contribution is 0.0948. The molecule has 3 aromatic rings. The molecule has 0 spiro atoms. The average Bonchev–Trinajstić information content (AvgIpc) is 2.83. The van der Waals surface area contributed by atoms with Crippen molar-refractivity contribution in [2.75, 3.05) is 6.61 Å². The minimum absolute atomic E-state index is 0.183. The quantitative estimate of drug-likeness (QED) is 0.433. The third-order valence-corrected chi connectivity index (χ3v) is 5.09. The van der Waals surface area contributed by atoms with E-state index in [1.165, 1.54) is 31.3 Å². The first-order valence-corrected chi connectivity index (χ1v) is 10.9. The van der Waals surface area contributed by atoms with Crippen LogP contribution in [0.3, 0.4) is 0 Å². The fourth-order valence-electron chi connectivity index (χ4n) is 3.34. The second-order valence-corrected chi connectivity index (χ2v) is 7.72. The zero-order valence-corrected chi connectivity index (χ0v) is 18.6. The molecule has 0 saturated heterocycles. The van der Waals surface area contributed by atoms with Gasteiger partial charge in [0.05, 0.1) is 13.2 Å². The van der Waals surface area contributed by atoms with Crippen LogP contribution in [0.15, 0.2) is 88.4 Å². The van der Waals surface area contributed by atoms with Crippen molar-refractivity contribution in [2.24, 2.45) is 0 Å². The van der Waals surface area contributed by atoms with Crippen LogP contribution in [0, 0.1) is 6.92 Å². The summed E-state index contributed by atoms with van der Waals surface area (Å²) in [5.74, 6) is -1.23. The number of benzene rings is 2. The van der Waals surface area contributed by atoms with E-state index in [-0.39, 0.29) is 17.7 Å². The number of hydrogen-bond acceptors (Lipinski definition) is 4. The van der Waals surface area contributed by atoms with Crippen LogP contribution in [0.4, 0.5) is 4.39 Å². The highest BCUT2D eigenvalue weighted by molar-refractivity contribution is 5.95. The van der Waals surface area contributed by atoms with E-state index < -0.39 is 23.0 Å². The lowest BCUT2D eigenvalue weighted by atomic mass is 10.2. The Morgan fingerprint density at radius 3 is 2.36 bits per heavy atom. The number of halogens is 1. The van der Waals surface area contributed by atoms with Gasteiger partial charge in [-0.3, -0.25) is 14.2 Å². The maximum atomic E-state index is 14.5. The number of carbonyl (C=O) groups is 1. The summed E-state index contributed by atoms with van der Waals surface area (Å²) in [7, 11) is 0. The molecule has 0 N–H and O–H groups in total. The summed E-state index contributed by atoms with van der Waals surface area (Å²) in [5, 5.41) is 0. The number of unbranched alkanes of at least 4 members (excludes halogenated alkanes) is 2. The van der Waals surface area contributed by atoms with Gasteiger partial charge >= 0.3 is 5.69 Å². The molecule has 0 fully saturated rings. The molecule has 0 bridgehead atoms. The molecule has 0 aliphatic rings. The fourth-order valence-corrected chi connectivity index (χ4v) is 3.34. The second-order valence-electron chi connectivity index (χ2n) is 7.72. The monoisotopic (exact) mass is 450 g/mol. The normalized spacial score (nSPS) is 11.5. The minimum atomic E-state index is -0.864. The van der Waals surface area contributed by atoms with E-state index in [0.29, 0.717) is 24.2 Å². The Balaban J connectivity index is 1.57. The van der Waals surface area contributed by atoms with E-state index in [1.807, 2.05) is 30.3 Å². The lowest BCUT2D eigenvalue weighted by Gasteiger charge is -2.10. The van der Waals surface area contributed by atoms with Gasteiger partial charge in [-0.15, -0.1) is 0 Å². The van der Waals surface area contributed by atoms with Crippen molar-refractivity contribution in [3.63, 3.8) is 0 Å². The number of carbonyl (C=O) groups excluding carboxylic acids is 1. The van der Waals surface area contributed by atoms with Gasteiger partial charge in [-0.2, -0.15) is 4.57 Å². The van der Waals surface area contributed by atoms with Gasteiger partial charge in [0.2, 0.25) is 0 Å². The molecule has 0 unspecified atom stereocenters. The first-order chi connectivity index (χ1) is 16.0. The van der Waals surface area contributed by atoms with Crippen LogP contribution in [0.1, 0.15) is 40.7 Å². The summed E-state index contributed by atoms with van der Waals surface area (Å²) in [6, 6.07) is 17.9. The maximum absolute atomic E-state index is 14.5. The van der Waals surface area contributed by atoms with E-state index in [2.05, 4.69) is 0 Å². The summed E-state index contributed by atoms with van der Waals surface area (Å²) < 4.78 is 21.7. The maximum Gasteiger partial charge on any atom is 0.338 e. The van der Waals surface area contributed by atoms with Gasteiger partial charge in [0, 0.05) is 23.9 Å². The molecule has 3 rings (SSSR count). The Kier molecular flexibility index (Phi) is 8.66. The number of nitrogens with zero attached hydrogens (tertiary/aromatic N) is 2. The third-order valence-electron chi connectivity index (χ3n) is 5.09. The Labute approximate surface area is 191 Å². The predicted molar refractivity (Wildman–Crippen MR) is 125 cm³/mol. The molecule has 33 heavy (non-hydrogen) atoms. The first kappa shape index (κ1) is 24.1. The Morgan fingerprint density at radius 1 is 1.00 bits per heavy atom. The summed E-state index contributed by atoms with van der Waals surface area (Å²) >= 11 is 0. The molecule has 7 heteroatoms. The molecule has 0 atom stereocenters. The zero-order chi connectivity index (χ0) is 23.6. The molecule has 0 radical (unpaired) electrons. The van der Waals surface area contributed by atoms with Crippen molar-refractivity contribution in [3.8, 4) is 0 Å². The molecule has 0 saturated carbocycles. The highest BCUT2D eigenvalue weighted by Gasteiger charge is 2.17. The zero-order valence-electron chi connectivity index (χ0n) is 18.6. The summed E-state index contributed by atoms with van der Waals surface area (Å²) in [6.45, 7) is 2.27. The molecule has 0 amide bonds. The standard InChI is InChI=1S/C26H27FN2O4/c1-20-17-28(26(32)29(24(20)30)25(31)22-13-7-3-8-14-22)18-23(27)15-9-4-10-16-33-19-21-11-5-2-6-12-21/h2-3,5-8,11-15,17H,4,9-10,16,18-19H2,1H3/b23-15-. The second kappa shape index (κ2) is 11.9. The lowest BCUT2D eigenvalue weighted by Crippen LogP contribution is -2.44. The van der Waals surface area contributed by atoms with Crippen LogP contribution in [0.5, 0.6) is 0 Å². The molecule has 0 aliphatic carbocycles. The molecular weight excluding hydrogens is 423 g/mol. The molecule has 0 aliphatic heterocycles. The molecular formula is C26H27FN2O4. The first-order valence-electron chi connectivity index (χ1n) is 10.9. The number of aryl methyl sites for hydroxylation is 1. The number of rotatable bonds is 10. The minimum Gasteiger partial charge on any atom is -0.377 e. The topological polar surface area (TPSA) is 70.3 Å². The van der Waals surface area contributed by atoms with Gasteiger partial charge in [0.1, 0.15) is 5.83 Å². The van der Waals surface area contributed by atoms with E-state index in [0.717, 1.165) is 23.0 Å². The highest BCUT2D eigenvalue weighted by Crippen LogP contribution is 2.07. The van der Waals surface area contributed by atoms with Crippen molar-refractivity contribution in [1.82, 2.24) is 9.13 Å². The predicted octanol–water partition coefficient (Wildman–Crippen LogP) is 4.25. The van der Waals surface area contributed by atoms with Gasteiger partial charge < -0.3 is 4.74 Å². The Hall–Kier alpha value is -3.58. The van der Waals surface area contributed by atoms with Crippen LogP contribution in [0.2, 0.25) is 0 Å². The number of hydrogen-bond donors (Lipinski definition) is 0. The van der Waals surface area contributed by atoms with Crippen LogP contribution < -0.4 is 11.2 Å². The van der Waals surface area contributed by atoms with Gasteiger partial charge in [-0.25, -0.2) is 9.18 Å². The van der Waals surface area contributed by atoms with Crippen molar-refractivity contribution < 1.29 is 13.9 Å². The number of ether oxygens (including phenoxy) is 1. The Bertz CT molecular complexity index is 1210. The van der Waals surface area contributed by atoms with Gasteiger partial charge in [0.15, 0.2) is 0 Å². The van der Waals surface area contributed by atoms with Crippen LogP contribution in [-0.2, 0) is 17.9 Å². The summed E-state index contributed by atoms with van der Waals surface area (Å²) in [4.78, 5) is 37.9. The summed E-state index contributed by atoms with van der Waals surface area (Å²) in [6.07, 6.45) is 4.73. The fraction of sp³-hybridized carbons (Fsp3) is 0.269. The largest absolute Gasteiger partial charge is 0.377 e. The van der Waals surface area contributed by atoms with Gasteiger partial charge in [-0.1, -0.05) is 54.6 Å². The van der Waals surface area contributed by atoms with Gasteiger partial charge in [-0.05, 0) is 43.9 Å². The molecule has 172 valence electrons. The average molecular weight is 451 g/mol. The number of allylic oxidation sites excluding steroid dienone is 2. The molecule has 2 aromatic carbocycles. The van der Waals surface area contributed by atoms with Gasteiger partial charge in [0.25, 0.3) is 11.5 Å². The third kappa shape index (κ3) is 6.70. The van der Waals surface area contributed by atoms with Crippen LogP contribution in [-0.4, -0.2) is 21.6 Å². The SMILES string of the molecule is Cc1cn(C/C(F)=C/CCCCOCc2ccccc2)c(=O)n(C(=O)c2ccccc2)c1=O. The van der Waals surface area contributed by atoms with Crippen molar-refractivity contribution in [1.29, 1.82) is 0 Å². The van der Waals surface area contributed by atoms with E-state index in [1.54, 1.807) is 18.2 Å². The van der Waals surface area contributed by atoms with Crippen molar-refractivity contribution >= 4 is 5.91 Å². The number of aromatic nitrogens is 2. The molecule has 1 aromatic heterocycles. The van der Waals surface area contributed by atoms with Crippen LogP contribution >= 0.6 is 0 Å². The smallest absolute Gasteiger partial charge is 0.338 e. The van der Waals surface area contributed by atoms with E-state index in [9.17, 15) is 18.8 Å². The molecule has 6 nitrogen and oxygen atoms in total. The van der Waals surface area contributed by atoms with Crippen molar-refractivity contribution in [3.05, 3.63) is 116 Å². The molecule has 1 heterocycles. The van der Waals surface area contributed by atoms with E-state index in [4.69, 9.17) is 4.74 Å². The summed E-state index contributed by atoms with van der Waals surface area (Å²) in [5.41, 5.74) is -0.0693. The highest BCUT2D eigenvalue weighted by atomic mass is 19.1.